The molecule has 1 amide bonds. The van der Waals surface area contributed by atoms with E-state index in [9.17, 15) is 4.79 Å². The summed E-state index contributed by atoms with van der Waals surface area (Å²) >= 11 is 1.92. The molecule has 1 saturated heterocycles. The molecule has 0 aromatic rings. The molecule has 1 heterocycles. The number of carbonyl (C=O) groups excluding carboxylic acids is 1. The van der Waals surface area contributed by atoms with Gasteiger partial charge in [0.15, 0.2) is 0 Å². The summed E-state index contributed by atoms with van der Waals surface area (Å²) in [6.07, 6.45) is 4.07. The predicted molar refractivity (Wildman–Crippen MR) is 59.2 cm³/mol. The van der Waals surface area contributed by atoms with Crippen LogP contribution < -0.4 is 11.1 Å². The lowest BCUT2D eigenvalue weighted by Crippen LogP contribution is -2.38. The van der Waals surface area contributed by atoms with Crippen molar-refractivity contribution in [1.29, 1.82) is 0 Å². The molecule has 0 bridgehead atoms. The fourth-order valence-corrected chi connectivity index (χ4v) is 2.99. The van der Waals surface area contributed by atoms with Gasteiger partial charge in [-0.2, -0.15) is 11.8 Å². The van der Waals surface area contributed by atoms with Gasteiger partial charge in [0.2, 0.25) is 5.91 Å². The van der Waals surface area contributed by atoms with E-state index in [0.717, 1.165) is 12.2 Å². The van der Waals surface area contributed by atoms with Crippen molar-refractivity contribution in [2.45, 2.75) is 37.8 Å². The summed E-state index contributed by atoms with van der Waals surface area (Å²) in [5, 5.41) is 3.05. The monoisotopic (exact) mass is 214 g/mol. The Morgan fingerprint density at radius 1 is 1.50 bits per heavy atom. The summed E-state index contributed by atoms with van der Waals surface area (Å²) in [6, 6.07) is 0.503. The second kappa shape index (κ2) is 4.53. The Morgan fingerprint density at radius 3 is 2.86 bits per heavy atom. The van der Waals surface area contributed by atoms with Crippen LogP contribution in [0.4, 0.5) is 0 Å². The first kappa shape index (κ1) is 10.3. The van der Waals surface area contributed by atoms with E-state index in [-0.39, 0.29) is 11.9 Å². The zero-order valence-corrected chi connectivity index (χ0v) is 9.19. The van der Waals surface area contributed by atoms with Gasteiger partial charge in [-0.1, -0.05) is 0 Å². The van der Waals surface area contributed by atoms with Crippen LogP contribution in [0.5, 0.6) is 0 Å². The maximum absolute atomic E-state index is 11.5. The van der Waals surface area contributed by atoms with E-state index < -0.39 is 0 Å². The molecular weight excluding hydrogens is 196 g/mol. The van der Waals surface area contributed by atoms with E-state index in [4.69, 9.17) is 5.73 Å². The summed E-state index contributed by atoms with van der Waals surface area (Å²) in [5.74, 6) is 3.03. The molecule has 0 radical (unpaired) electrons. The fraction of sp³-hybridized carbons (Fsp3) is 0.900. The number of amides is 1. The Labute approximate surface area is 89.2 Å². The third-order valence-corrected chi connectivity index (χ3v) is 4.11. The fourth-order valence-electron chi connectivity index (χ4n) is 1.84. The van der Waals surface area contributed by atoms with Gasteiger partial charge in [-0.25, -0.2) is 0 Å². The molecule has 0 aromatic carbocycles. The Kier molecular flexibility index (Phi) is 3.34. The maximum atomic E-state index is 11.5. The highest BCUT2D eigenvalue weighted by Crippen LogP contribution is 2.32. The first-order valence-corrected chi connectivity index (χ1v) is 6.54. The molecule has 14 heavy (non-hydrogen) atoms. The van der Waals surface area contributed by atoms with Crippen LogP contribution in [0, 0.1) is 5.92 Å². The predicted octanol–water partition coefficient (Wildman–Crippen LogP) is 0.735. The van der Waals surface area contributed by atoms with E-state index in [1.807, 2.05) is 11.8 Å². The Bertz CT molecular complexity index is 206. The van der Waals surface area contributed by atoms with E-state index in [0.29, 0.717) is 18.4 Å². The SMILES string of the molecule is NC(CC(=O)NC1CCSC1)C1CC1. The number of carbonyl (C=O) groups is 1. The Hall–Kier alpha value is -0.220. The number of hydrogen-bond acceptors (Lipinski definition) is 3. The first-order chi connectivity index (χ1) is 6.75. The zero-order valence-electron chi connectivity index (χ0n) is 8.37. The third-order valence-electron chi connectivity index (χ3n) is 2.94. The molecule has 2 atom stereocenters. The molecule has 1 aliphatic carbocycles. The van der Waals surface area contributed by atoms with Crippen molar-refractivity contribution in [3.63, 3.8) is 0 Å². The van der Waals surface area contributed by atoms with Gasteiger partial charge < -0.3 is 11.1 Å². The van der Waals surface area contributed by atoms with E-state index in [1.54, 1.807) is 0 Å². The first-order valence-electron chi connectivity index (χ1n) is 5.38. The standard InChI is InChI=1S/C10H18N2OS/c11-9(7-1-2-7)5-10(13)12-8-3-4-14-6-8/h7-9H,1-6,11H2,(H,12,13). The van der Waals surface area contributed by atoms with Crippen molar-refractivity contribution in [3.05, 3.63) is 0 Å². The van der Waals surface area contributed by atoms with E-state index >= 15 is 0 Å². The molecule has 2 rings (SSSR count). The second-order valence-corrected chi connectivity index (χ2v) is 5.48. The van der Waals surface area contributed by atoms with Crippen molar-refractivity contribution in [2.24, 2.45) is 11.7 Å². The maximum Gasteiger partial charge on any atom is 0.221 e. The van der Waals surface area contributed by atoms with Gasteiger partial charge in [0, 0.05) is 24.3 Å². The molecule has 3 N–H and O–H groups in total. The minimum absolute atomic E-state index is 0.101. The summed E-state index contributed by atoms with van der Waals surface area (Å²) in [6.45, 7) is 0. The average Bonchev–Trinajstić information content (AvgIpc) is 2.87. The molecular formula is C10H18N2OS. The van der Waals surface area contributed by atoms with Gasteiger partial charge in [0.25, 0.3) is 0 Å². The van der Waals surface area contributed by atoms with E-state index in [1.165, 1.54) is 18.6 Å². The lowest BCUT2D eigenvalue weighted by Gasteiger charge is -2.14. The number of hydrogen-bond donors (Lipinski definition) is 2. The number of nitrogens with two attached hydrogens (primary N) is 1. The second-order valence-electron chi connectivity index (χ2n) is 4.33. The van der Waals surface area contributed by atoms with Gasteiger partial charge in [-0.3, -0.25) is 4.79 Å². The van der Waals surface area contributed by atoms with Gasteiger partial charge in [0.05, 0.1) is 0 Å². The van der Waals surface area contributed by atoms with Crippen LogP contribution in [0.1, 0.15) is 25.7 Å². The molecule has 0 aromatic heterocycles. The van der Waals surface area contributed by atoms with Gasteiger partial charge in [-0.15, -0.1) is 0 Å². The number of nitrogens with one attached hydrogen (secondary N) is 1. The van der Waals surface area contributed by atoms with Crippen molar-refractivity contribution < 1.29 is 4.79 Å². The van der Waals surface area contributed by atoms with Gasteiger partial charge >= 0.3 is 0 Å². The van der Waals surface area contributed by atoms with Crippen LogP contribution >= 0.6 is 11.8 Å². The molecule has 1 aliphatic heterocycles. The lowest BCUT2D eigenvalue weighted by atomic mass is 10.1. The van der Waals surface area contributed by atoms with Crippen molar-refractivity contribution in [1.82, 2.24) is 5.32 Å². The van der Waals surface area contributed by atoms with Crippen molar-refractivity contribution >= 4 is 17.7 Å². The average molecular weight is 214 g/mol. The molecule has 0 spiro atoms. The number of thioether (sulfide) groups is 1. The molecule has 1 saturated carbocycles. The molecule has 2 unspecified atom stereocenters. The largest absolute Gasteiger partial charge is 0.352 e. The quantitative estimate of drug-likeness (QED) is 0.725. The molecule has 80 valence electrons. The van der Waals surface area contributed by atoms with Crippen LogP contribution in [0.25, 0.3) is 0 Å². The van der Waals surface area contributed by atoms with Crippen molar-refractivity contribution in [3.8, 4) is 0 Å². The smallest absolute Gasteiger partial charge is 0.221 e. The van der Waals surface area contributed by atoms with Crippen LogP contribution in [0.2, 0.25) is 0 Å². The van der Waals surface area contributed by atoms with Crippen LogP contribution in [0.3, 0.4) is 0 Å². The molecule has 2 aliphatic rings. The highest BCUT2D eigenvalue weighted by molar-refractivity contribution is 7.99. The number of rotatable bonds is 4. The summed E-state index contributed by atoms with van der Waals surface area (Å²) < 4.78 is 0. The lowest BCUT2D eigenvalue weighted by molar-refractivity contribution is -0.122. The van der Waals surface area contributed by atoms with Gasteiger partial charge in [-0.05, 0) is 30.9 Å². The Morgan fingerprint density at radius 2 is 2.29 bits per heavy atom. The molecule has 3 nitrogen and oxygen atoms in total. The summed E-state index contributed by atoms with van der Waals surface area (Å²) in [4.78, 5) is 11.5. The Balaban J connectivity index is 1.66. The van der Waals surface area contributed by atoms with Crippen LogP contribution in [0.15, 0.2) is 0 Å². The third kappa shape index (κ3) is 2.89. The van der Waals surface area contributed by atoms with E-state index in [2.05, 4.69) is 5.32 Å². The summed E-state index contributed by atoms with van der Waals surface area (Å²) in [7, 11) is 0. The topological polar surface area (TPSA) is 55.1 Å². The van der Waals surface area contributed by atoms with Crippen molar-refractivity contribution in [2.75, 3.05) is 11.5 Å². The highest BCUT2D eigenvalue weighted by atomic mass is 32.2. The summed E-state index contributed by atoms with van der Waals surface area (Å²) in [5.41, 5.74) is 5.89. The normalized spacial score (nSPS) is 28.8. The minimum Gasteiger partial charge on any atom is -0.352 e. The molecule has 2 fully saturated rings. The zero-order chi connectivity index (χ0) is 9.97. The molecule has 4 heteroatoms. The van der Waals surface area contributed by atoms with Crippen LogP contribution in [-0.4, -0.2) is 29.5 Å². The highest BCUT2D eigenvalue weighted by Gasteiger charge is 2.30. The minimum atomic E-state index is 0.101. The van der Waals surface area contributed by atoms with Gasteiger partial charge in [0.1, 0.15) is 0 Å². The van der Waals surface area contributed by atoms with Crippen LogP contribution in [-0.2, 0) is 4.79 Å².